The van der Waals surface area contributed by atoms with E-state index in [4.69, 9.17) is 4.74 Å². The van der Waals surface area contributed by atoms with E-state index in [0.717, 1.165) is 21.7 Å². The van der Waals surface area contributed by atoms with Crippen LogP contribution in [0.3, 0.4) is 0 Å². The standard InChI is InChI=1S/C14H19N3OS2/c1-9(15-3)11-5-6-13(18-4)12(7-11)8-19-14-16-10(2)17-20-14/h5-7,9,15H,8H2,1-4H3. The zero-order valence-corrected chi connectivity index (χ0v) is 13.8. The van der Waals surface area contributed by atoms with Crippen molar-refractivity contribution >= 4 is 23.3 Å². The summed E-state index contributed by atoms with van der Waals surface area (Å²) in [5.74, 6) is 2.59. The van der Waals surface area contributed by atoms with Gasteiger partial charge in [-0.15, -0.1) is 0 Å². The Bertz CT molecular complexity index is 571. The predicted molar refractivity (Wildman–Crippen MR) is 84.7 cm³/mol. The highest BCUT2D eigenvalue weighted by molar-refractivity contribution is 8.00. The maximum absolute atomic E-state index is 5.44. The van der Waals surface area contributed by atoms with Gasteiger partial charge in [0.25, 0.3) is 0 Å². The fourth-order valence-corrected chi connectivity index (χ4v) is 3.45. The number of hydrogen-bond acceptors (Lipinski definition) is 6. The molecule has 1 unspecified atom stereocenters. The second kappa shape index (κ2) is 7.06. The number of nitrogens with one attached hydrogen (secondary N) is 1. The first-order valence-corrected chi connectivity index (χ1v) is 8.17. The van der Waals surface area contributed by atoms with Gasteiger partial charge in [-0.2, -0.15) is 4.37 Å². The van der Waals surface area contributed by atoms with Crippen LogP contribution in [0.15, 0.2) is 22.5 Å². The van der Waals surface area contributed by atoms with Crippen molar-refractivity contribution in [1.29, 1.82) is 0 Å². The van der Waals surface area contributed by atoms with Crippen molar-refractivity contribution in [1.82, 2.24) is 14.7 Å². The molecular formula is C14H19N3OS2. The minimum absolute atomic E-state index is 0.327. The molecule has 0 spiro atoms. The Morgan fingerprint density at radius 3 is 2.85 bits per heavy atom. The van der Waals surface area contributed by atoms with E-state index < -0.39 is 0 Å². The third-order valence-corrected chi connectivity index (χ3v) is 5.07. The Labute approximate surface area is 128 Å². The molecular weight excluding hydrogens is 290 g/mol. The highest BCUT2D eigenvalue weighted by atomic mass is 32.2. The SMILES string of the molecule is CNC(C)c1ccc(OC)c(CSc2nc(C)ns2)c1. The smallest absolute Gasteiger partial charge is 0.170 e. The molecule has 4 nitrogen and oxygen atoms in total. The average molecular weight is 309 g/mol. The summed E-state index contributed by atoms with van der Waals surface area (Å²) in [5, 5.41) is 3.26. The Morgan fingerprint density at radius 1 is 1.45 bits per heavy atom. The van der Waals surface area contributed by atoms with Gasteiger partial charge in [-0.3, -0.25) is 0 Å². The monoisotopic (exact) mass is 309 g/mol. The molecule has 0 bridgehead atoms. The van der Waals surface area contributed by atoms with Gasteiger partial charge in [0.05, 0.1) is 7.11 Å². The number of nitrogens with zero attached hydrogens (tertiary/aromatic N) is 2. The van der Waals surface area contributed by atoms with Gasteiger partial charge in [0.2, 0.25) is 0 Å². The topological polar surface area (TPSA) is 47.0 Å². The fourth-order valence-electron chi connectivity index (χ4n) is 1.82. The van der Waals surface area contributed by atoms with Gasteiger partial charge in [-0.1, -0.05) is 17.8 Å². The number of aryl methyl sites for hydroxylation is 1. The number of benzene rings is 1. The molecule has 20 heavy (non-hydrogen) atoms. The molecule has 0 saturated heterocycles. The Hall–Kier alpha value is -1.11. The molecule has 0 aliphatic heterocycles. The van der Waals surface area contributed by atoms with Gasteiger partial charge in [0.1, 0.15) is 11.6 Å². The maximum Gasteiger partial charge on any atom is 0.170 e. The highest BCUT2D eigenvalue weighted by Crippen LogP contribution is 2.30. The number of thioether (sulfide) groups is 1. The van der Waals surface area contributed by atoms with Gasteiger partial charge in [0, 0.05) is 17.4 Å². The van der Waals surface area contributed by atoms with Crippen molar-refractivity contribution in [2.75, 3.05) is 14.2 Å². The lowest BCUT2D eigenvalue weighted by Crippen LogP contribution is -2.12. The van der Waals surface area contributed by atoms with Crippen molar-refractivity contribution in [3.8, 4) is 5.75 Å². The van der Waals surface area contributed by atoms with E-state index >= 15 is 0 Å². The van der Waals surface area contributed by atoms with Crippen molar-refractivity contribution in [2.24, 2.45) is 0 Å². The number of hydrogen-bond donors (Lipinski definition) is 1. The lowest BCUT2D eigenvalue weighted by atomic mass is 10.1. The molecule has 0 aliphatic carbocycles. The Balaban J connectivity index is 2.15. The van der Waals surface area contributed by atoms with E-state index in [1.165, 1.54) is 22.7 Å². The zero-order valence-electron chi connectivity index (χ0n) is 12.1. The first-order valence-electron chi connectivity index (χ1n) is 6.41. The lowest BCUT2D eigenvalue weighted by molar-refractivity contribution is 0.411. The Morgan fingerprint density at radius 2 is 2.25 bits per heavy atom. The van der Waals surface area contributed by atoms with Crippen LogP contribution in [-0.4, -0.2) is 23.5 Å². The summed E-state index contributed by atoms with van der Waals surface area (Å²) in [7, 11) is 3.67. The van der Waals surface area contributed by atoms with Crippen LogP contribution < -0.4 is 10.1 Å². The van der Waals surface area contributed by atoms with Gasteiger partial charge in [0.15, 0.2) is 4.34 Å². The summed E-state index contributed by atoms with van der Waals surface area (Å²) in [4.78, 5) is 4.37. The van der Waals surface area contributed by atoms with Crippen molar-refractivity contribution in [3.63, 3.8) is 0 Å². The summed E-state index contributed by atoms with van der Waals surface area (Å²) >= 11 is 3.14. The van der Waals surface area contributed by atoms with Crippen LogP contribution in [0, 0.1) is 6.92 Å². The summed E-state index contributed by atoms with van der Waals surface area (Å²) in [6, 6.07) is 6.66. The minimum Gasteiger partial charge on any atom is -0.496 e. The summed E-state index contributed by atoms with van der Waals surface area (Å²) in [6.07, 6.45) is 0. The molecule has 1 heterocycles. The summed E-state index contributed by atoms with van der Waals surface area (Å²) in [5.41, 5.74) is 2.45. The van der Waals surface area contributed by atoms with Crippen LogP contribution in [0.2, 0.25) is 0 Å². The lowest BCUT2D eigenvalue weighted by Gasteiger charge is -2.14. The predicted octanol–water partition coefficient (Wildman–Crippen LogP) is 3.43. The second-order valence-electron chi connectivity index (χ2n) is 4.48. The Kier molecular flexibility index (Phi) is 5.39. The second-order valence-corrected chi connectivity index (χ2v) is 6.45. The first kappa shape index (κ1) is 15.3. The van der Waals surface area contributed by atoms with E-state index in [0.29, 0.717) is 6.04 Å². The minimum atomic E-state index is 0.327. The molecule has 0 aliphatic rings. The molecule has 108 valence electrons. The average Bonchev–Trinajstić information content (AvgIpc) is 2.89. The molecule has 0 saturated carbocycles. The van der Waals surface area contributed by atoms with Crippen LogP contribution in [0.25, 0.3) is 0 Å². The van der Waals surface area contributed by atoms with Crippen LogP contribution in [0.5, 0.6) is 5.75 Å². The molecule has 1 aromatic heterocycles. The number of ether oxygens (including phenoxy) is 1. The summed E-state index contributed by atoms with van der Waals surface area (Å²) < 4.78 is 10.6. The zero-order chi connectivity index (χ0) is 14.5. The largest absolute Gasteiger partial charge is 0.496 e. The van der Waals surface area contributed by atoms with E-state index in [2.05, 4.69) is 33.7 Å². The van der Waals surface area contributed by atoms with Crippen LogP contribution in [-0.2, 0) is 5.75 Å². The van der Waals surface area contributed by atoms with Gasteiger partial charge in [-0.05, 0) is 50.1 Å². The molecule has 0 radical (unpaired) electrons. The van der Waals surface area contributed by atoms with Gasteiger partial charge in [-0.25, -0.2) is 4.98 Å². The molecule has 1 aromatic carbocycles. The molecule has 6 heteroatoms. The maximum atomic E-state index is 5.44. The third-order valence-electron chi connectivity index (χ3n) is 3.10. The number of aromatic nitrogens is 2. The van der Waals surface area contributed by atoms with Gasteiger partial charge < -0.3 is 10.1 Å². The summed E-state index contributed by atoms with van der Waals surface area (Å²) in [6.45, 7) is 4.06. The highest BCUT2D eigenvalue weighted by Gasteiger charge is 2.10. The normalized spacial score (nSPS) is 12.4. The quantitative estimate of drug-likeness (QED) is 0.828. The molecule has 2 rings (SSSR count). The van der Waals surface area contributed by atoms with E-state index in [1.807, 2.05) is 20.0 Å². The van der Waals surface area contributed by atoms with E-state index in [9.17, 15) is 0 Å². The van der Waals surface area contributed by atoms with Crippen LogP contribution in [0.4, 0.5) is 0 Å². The molecule has 0 amide bonds. The van der Waals surface area contributed by atoms with Gasteiger partial charge >= 0.3 is 0 Å². The number of methoxy groups -OCH3 is 1. The van der Waals surface area contributed by atoms with Crippen molar-refractivity contribution in [2.45, 2.75) is 30.0 Å². The van der Waals surface area contributed by atoms with Crippen molar-refractivity contribution < 1.29 is 4.74 Å². The molecule has 1 N–H and O–H groups in total. The van der Waals surface area contributed by atoms with Crippen LogP contribution in [0.1, 0.15) is 29.9 Å². The van der Waals surface area contributed by atoms with Crippen LogP contribution >= 0.6 is 23.3 Å². The van der Waals surface area contributed by atoms with E-state index in [1.54, 1.807) is 18.9 Å². The first-order chi connectivity index (χ1) is 9.63. The third kappa shape index (κ3) is 3.71. The van der Waals surface area contributed by atoms with E-state index in [-0.39, 0.29) is 0 Å². The molecule has 0 fully saturated rings. The fraction of sp³-hybridized carbons (Fsp3) is 0.429. The van der Waals surface area contributed by atoms with Crippen molar-refractivity contribution in [3.05, 3.63) is 35.2 Å². The molecule has 1 atom stereocenters. The molecule has 2 aromatic rings. The number of rotatable bonds is 6.